The van der Waals surface area contributed by atoms with Gasteiger partial charge in [0.2, 0.25) is 5.91 Å². The highest BCUT2D eigenvalue weighted by molar-refractivity contribution is 9.10. The Morgan fingerprint density at radius 2 is 1.77 bits per heavy atom. The molecule has 0 aliphatic rings. The Balaban J connectivity index is 1.91. The van der Waals surface area contributed by atoms with Crippen molar-refractivity contribution in [3.8, 4) is 0 Å². The van der Waals surface area contributed by atoms with Gasteiger partial charge in [0, 0.05) is 9.50 Å². The molecule has 2 amide bonds. The van der Waals surface area contributed by atoms with Crippen LogP contribution in [0.2, 0.25) is 5.02 Å². The van der Waals surface area contributed by atoms with E-state index in [1.54, 1.807) is 24.3 Å². The van der Waals surface area contributed by atoms with Gasteiger partial charge in [0.05, 0.1) is 12.0 Å². The molecular weight excluding hydrogens is 375 g/mol. The summed E-state index contributed by atoms with van der Waals surface area (Å²) in [4.78, 5) is 23.5. The van der Waals surface area contributed by atoms with Crippen LogP contribution in [-0.4, -0.2) is 11.8 Å². The van der Waals surface area contributed by atoms with Crippen molar-refractivity contribution in [2.45, 2.75) is 6.42 Å². The van der Waals surface area contributed by atoms with Gasteiger partial charge in [0.25, 0.3) is 5.91 Å². The summed E-state index contributed by atoms with van der Waals surface area (Å²) < 4.78 is 14.1. The largest absolute Gasteiger partial charge is 0.273 e. The van der Waals surface area contributed by atoms with E-state index < -0.39 is 17.6 Å². The maximum absolute atomic E-state index is 13.5. The molecule has 0 saturated carbocycles. The van der Waals surface area contributed by atoms with E-state index in [0.29, 0.717) is 9.50 Å². The molecule has 2 rings (SSSR count). The van der Waals surface area contributed by atoms with Gasteiger partial charge in [0.15, 0.2) is 0 Å². The Morgan fingerprint density at radius 1 is 1.09 bits per heavy atom. The van der Waals surface area contributed by atoms with Crippen LogP contribution < -0.4 is 10.9 Å². The molecule has 0 unspecified atom stereocenters. The van der Waals surface area contributed by atoms with Crippen LogP contribution in [0.15, 0.2) is 46.9 Å². The van der Waals surface area contributed by atoms with Crippen molar-refractivity contribution in [3.05, 3.63) is 68.9 Å². The third-order valence-corrected chi connectivity index (χ3v) is 3.51. The number of benzene rings is 2. The average Bonchev–Trinajstić information content (AvgIpc) is 2.49. The summed E-state index contributed by atoms with van der Waals surface area (Å²) in [5, 5.41) is 0.572. The molecule has 0 aliphatic heterocycles. The van der Waals surface area contributed by atoms with Crippen molar-refractivity contribution in [2.75, 3.05) is 0 Å². The van der Waals surface area contributed by atoms with Crippen LogP contribution >= 0.6 is 27.5 Å². The first kappa shape index (κ1) is 16.5. The van der Waals surface area contributed by atoms with Crippen LogP contribution in [-0.2, 0) is 11.2 Å². The normalized spacial score (nSPS) is 10.1. The number of carbonyl (C=O) groups excluding carboxylic acids is 2. The lowest BCUT2D eigenvalue weighted by Gasteiger charge is -2.08. The highest BCUT2D eigenvalue weighted by atomic mass is 79.9. The number of hydrogen-bond acceptors (Lipinski definition) is 2. The van der Waals surface area contributed by atoms with Gasteiger partial charge in [-0.1, -0.05) is 39.7 Å². The van der Waals surface area contributed by atoms with Crippen LogP contribution in [0.4, 0.5) is 4.39 Å². The summed E-state index contributed by atoms with van der Waals surface area (Å²) in [6, 6.07) is 10.7. The highest BCUT2D eigenvalue weighted by Gasteiger charge is 2.13. The minimum atomic E-state index is -0.733. The SMILES string of the molecule is O=C(Cc1ccc(Cl)cc1)NNC(=O)c1cc(Br)ccc1F. The molecule has 2 N–H and O–H groups in total. The molecule has 4 nitrogen and oxygen atoms in total. The molecule has 0 radical (unpaired) electrons. The van der Waals surface area contributed by atoms with Crippen LogP contribution in [0.5, 0.6) is 0 Å². The Morgan fingerprint density at radius 3 is 2.45 bits per heavy atom. The van der Waals surface area contributed by atoms with E-state index in [1.165, 1.54) is 12.1 Å². The molecular formula is C15H11BrClFN2O2. The van der Waals surface area contributed by atoms with Crippen molar-refractivity contribution in [1.29, 1.82) is 0 Å². The Bertz CT molecular complexity index is 707. The first-order valence-corrected chi connectivity index (χ1v) is 7.41. The maximum Gasteiger partial charge on any atom is 0.272 e. The molecule has 0 spiro atoms. The van der Waals surface area contributed by atoms with E-state index in [4.69, 9.17) is 11.6 Å². The smallest absolute Gasteiger partial charge is 0.272 e. The summed E-state index contributed by atoms with van der Waals surface area (Å²) >= 11 is 8.90. The minimum Gasteiger partial charge on any atom is -0.273 e. The minimum absolute atomic E-state index is 0.0679. The number of nitrogens with one attached hydrogen (secondary N) is 2. The predicted octanol–water partition coefficient (Wildman–Crippen LogP) is 3.25. The topological polar surface area (TPSA) is 58.2 Å². The van der Waals surface area contributed by atoms with E-state index >= 15 is 0 Å². The first-order valence-electron chi connectivity index (χ1n) is 6.24. The Labute approximate surface area is 139 Å². The van der Waals surface area contributed by atoms with Gasteiger partial charge in [-0.05, 0) is 35.9 Å². The van der Waals surface area contributed by atoms with Crippen LogP contribution in [0.3, 0.4) is 0 Å². The van der Waals surface area contributed by atoms with E-state index in [0.717, 1.165) is 11.6 Å². The zero-order chi connectivity index (χ0) is 16.1. The van der Waals surface area contributed by atoms with Gasteiger partial charge in [-0.3, -0.25) is 20.4 Å². The number of amides is 2. The van der Waals surface area contributed by atoms with Crippen molar-refractivity contribution in [1.82, 2.24) is 10.9 Å². The Kier molecular flexibility index (Phi) is 5.51. The zero-order valence-electron chi connectivity index (χ0n) is 11.2. The second-order valence-electron chi connectivity index (χ2n) is 4.43. The molecule has 0 heterocycles. The molecule has 7 heteroatoms. The molecule has 2 aromatic carbocycles. The molecule has 22 heavy (non-hydrogen) atoms. The second kappa shape index (κ2) is 7.38. The molecule has 0 aliphatic carbocycles. The van der Waals surface area contributed by atoms with Crippen LogP contribution in [0.25, 0.3) is 0 Å². The van der Waals surface area contributed by atoms with E-state index in [-0.39, 0.29) is 12.0 Å². The third-order valence-electron chi connectivity index (χ3n) is 2.77. The van der Waals surface area contributed by atoms with Crippen LogP contribution in [0.1, 0.15) is 15.9 Å². The summed E-state index contributed by atoms with van der Waals surface area (Å²) in [6.45, 7) is 0. The molecule has 0 bridgehead atoms. The van der Waals surface area contributed by atoms with Crippen LogP contribution in [0, 0.1) is 5.82 Å². The summed E-state index contributed by atoms with van der Waals surface area (Å²) in [6.07, 6.45) is 0.0679. The van der Waals surface area contributed by atoms with E-state index in [1.807, 2.05) is 0 Å². The van der Waals surface area contributed by atoms with Crippen molar-refractivity contribution in [3.63, 3.8) is 0 Å². The van der Waals surface area contributed by atoms with Gasteiger partial charge in [-0.25, -0.2) is 4.39 Å². The monoisotopic (exact) mass is 384 g/mol. The quantitative estimate of drug-likeness (QED) is 0.797. The lowest BCUT2D eigenvalue weighted by atomic mass is 10.1. The number of halogens is 3. The van der Waals surface area contributed by atoms with Gasteiger partial charge in [-0.2, -0.15) is 0 Å². The van der Waals surface area contributed by atoms with E-state index in [9.17, 15) is 14.0 Å². The number of carbonyl (C=O) groups is 2. The number of hydrogen-bond donors (Lipinski definition) is 2. The maximum atomic E-state index is 13.5. The average molecular weight is 386 g/mol. The van der Waals surface area contributed by atoms with E-state index in [2.05, 4.69) is 26.8 Å². The second-order valence-corrected chi connectivity index (χ2v) is 5.78. The van der Waals surface area contributed by atoms with Gasteiger partial charge < -0.3 is 0 Å². The fourth-order valence-electron chi connectivity index (χ4n) is 1.70. The number of rotatable bonds is 3. The van der Waals surface area contributed by atoms with Crippen molar-refractivity contribution >= 4 is 39.3 Å². The van der Waals surface area contributed by atoms with Gasteiger partial charge in [-0.15, -0.1) is 0 Å². The fourth-order valence-corrected chi connectivity index (χ4v) is 2.18. The molecule has 0 aromatic heterocycles. The predicted molar refractivity (Wildman–Crippen MR) is 84.9 cm³/mol. The molecule has 2 aromatic rings. The highest BCUT2D eigenvalue weighted by Crippen LogP contribution is 2.15. The molecule has 0 fully saturated rings. The lowest BCUT2D eigenvalue weighted by Crippen LogP contribution is -2.42. The lowest BCUT2D eigenvalue weighted by molar-refractivity contribution is -0.121. The Hall–Kier alpha value is -1.92. The van der Waals surface area contributed by atoms with Crippen molar-refractivity contribution in [2.24, 2.45) is 0 Å². The zero-order valence-corrected chi connectivity index (χ0v) is 13.5. The molecule has 0 atom stereocenters. The van der Waals surface area contributed by atoms with Gasteiger partial charge in [0.1, 0.15) is 5.82 Å². The standard InChI is InChI=1S/C15H11BrClFN2O2/c16-10-3-6-13(18)12(8-10)15(22)20-19-14(21)7-9-1-4-11(17)5-2-9/h1-6,8H,7H2,(H,19,21)(H,20,22). The number of hydrazine groups is 1. The fraction of sp³-hybridized carbons (Fsp3) is 0.0667. The third kappa shape index (κ3) is 4.54. The van der Waals surface area contributed by atoms with Gasteiger partial charge >= 0.3 is 0 Å². The summed E-state index contributed by atoms with van der Waals surface area (Å²) in [7, 11) is 0. The molecule has 114 valence electrons. The summed E-state index contributed by atoms with van der Waals surface area (Å²) in [5.41, 5.74) is 4.99. The first-order chi connectivity index (χ1) is 10.5. The summed E-state index contributed by atoms with van der Waals surface area (Å²) in [5.74, 6) is -1.83. The molecule has 0 saturated heterocycles. The van der Waals surface area contributed by atoms with Crippen molar-refractivity contribution < 1.29 is 14.0 Å².